The number of aliphatic hydroxyl groups is 2. The maximum Gasteiger partial charge on any atom is 0.178 e. The minimum Gasteiger partial charge on any atom is -0.412 e. The number of halogens is 4. The summed E-state index contributed by atoms with van der Waals surface area (Å²) < 4.78 is 17.1. The van der Waals surface area contributed by atoms with Gasteiger partial charge in [-0.15, -0.1) is 37.2 Å². The standard InChI is InChI=1S/C27H41FN2O4.3ClH.3H2O/c1-5-30(6-2)14-13-29-17-23(33)26(34)12-10-20-21-8-7-18-15-19(31)9-11-24(18,3)27(21,28)22(32)16-25(20,26)4;;;;;;/h9,11,15,20-22,29,32,34H,5-8,10,12-14,16-17H2,1-4H3;3*1H;3*1H2/t20-,21-,22?,24-,25-,26-,27-;;;;;;/m0....../s1. The van der Waals surface area contributed by atoms with E-state index in [0.717, 1.165) is 25.2 Å². The zero-order chi connectivity index (χ0) is 24.9. The molecule has 4 rings (SSSR count). The molecule has 9 nitrogen and oxygen atoms in total. The Morgan fingerprint density at radius 2 is 1.70 bits per heavy atom. The second-order valence-electron chi connectivity index (χ2n) is 11.3. The smallest absolute Gasteiger partial charge is 0.178 e. The van der Waals surface area contributed by atoms with Gasteiger partial charge < -0.3 is 36.9 Å². The third-order valence-electron chi connectivity index (χ3n) is 10.0. The van der Waals surface area contributed by atoms with Crippen LogP contribution in [0.25, 0.3) is 0 Å². The van der Waals surface area contributed by atoms with Crippen molar-refractivity contribution in [3.8, 4) is 0 Å². The van der Waals surface area contributed by atoms with Crippen molar-refractivity contribution < 1.29 is 40.6 Å². The molecule has 3 fully saturated rings. The van der Waals surface area contributed by atoms with E-state index in [1.54, 1.807) is 13.0 Å². The molecule has 0 aromatic carbocycles. The highest BCUT2D eigenvalue weighted by molar-refractivity contribution is 6.01. The lowest BCUT2D eigenvalue weighted by atomic mass is 9.44. The number of nitrogens with zero attached hydrogens (tertiary/aromatic N) is 1. The first kappa shape index (κ1) is 43.8. The molecule has 0 saturated heterocycles. The number of alkyl halides is 1. The number of carbonyl (C=O) groups is 2. The number of Topliss-reactive ketones (excluding diaryl/α,β-unsaturated/α-hetero) is 1. The number of rotatable bonds is 8. The Morgan fingerprint density at radius 3 is 2.27 bits per heavy atom. The fourth-order valence-electron chi connectivity index (χ4n) is 7.80. The van der Waals surface area contributed by atoms with Crippen molar-refractivity contribution in [2.45, 2.75) is 77.2 Å². The van der Waals surface area contributed by atoms with Crippen LogP contribution in [0, 0.1) is 22.7 Å². The van der Waals surface area contributed by atoms with Crippen LogP contribution >= 0.6 is 37.2 Å². The van der Waals surface area contributed by atoms with Crippen molar-refractivity contribution >= 4 is 48.8 Å². The molecule has 9 N–H and O–H groups in total. The number of fused-ring (bicyclic) bond motifs is 5. The van der Waals surface area contributed by atoms with Crippen LogP contribution in [0.4, 0.5) is 4.39 Å². The zero-order valence-corrected chi connectivity index (χ0v) is 26.2. The quantitative estimate of drug-likeness (QED) is 0.337. The number of allylic oxidation sites excluding steroid dienone is 4. The number of aliphatic hydroxyl groups excluding tert-OH is 1. The van der Waals surface area contributed by atoms with Gasteiger partial charge in [0.15, 0.2) is 17.2 Å². The van der Waals surface area contributed by atoms with Crippen molar-refractivity contribution in [3.05, 3.63) is 23.8 Å². The van der Waals surface area contributed by atoms with Crippen LogP contribution < -0.4 is 5.32 Å². The van der Waals surface area contributed by atoms with Gasteiger partial charge in [-0.3, -0.25) is 9.59 Å². The van der Waals surface area contributed by atoms with Gasteiger partial charge in [0.25, 0.3) is 0 Å². The Kier molecular flexibility index (Phi) is 17.2. The molecule has 0 bridgehead atoms. The summed E-state index contributed by atoms with van der Waals surface area (Å²) in [7, 11) is 0. The molecule has 0 amide bonds. The molecule has 0 aliphatic heterocycles. The molecule has 4 aliphatic rings. The highest BCUT2D eigenvalue weighted by Gasteiger charge is 2.73. The van der Waals surface area contributed by atoms with E-state index in [-0.39, 0.29) is 90.5 Å². The number of likely N-dealkylation sites (N-methyl/N-ethyl adjacent to an activating group) is 1. The summed E-state index contributed by atoms with van der Waals surface area (Å²) >= 11 is 0. The predicted octanol–water partition coefficient (Wildman–Crippen LogP) is 1.38. The molecule has 238 valence electrons. The third kappa shape index (κ3) is 6.32. The van der Waals surface area contributed by atoms with Crippen LogP contribution in [0.3, 0.4) is 0 Å². The zero-order valence-electron chi connectivity index (χ0n) is 23.8. The maximum atomic E-state index is 17.1. The number of nitrogens with one attached hydrogen (secondary N) is 1. The predicted molar refractivity (Wildman–Crippen MR) is 162 cm³/mol. The van der Waals surface area contributed by atoms with Gasteiger partial charge in [0.1, 0.15) is 5.60 Å². The fourth-order valence-corrected chi connectivity index (χ4v) is 7.80. The van der Waals surface area contributed by atoms with Crippen molar-refractivity contribution in [2.24, 2.45) is 22.7 Å². The molecule has 1 unspecified atom stereocenters. The molecule has 0 radical (unpaired) electrons. The molecular weight excluding hydrogens is 590 g/mol. The van der Waals surface area contributed by atoms with Crippen LogP contribution in [0.15, 0.2) is 23.8 Å². The summed E-state index contributed by atoms with van der Waals surface area (Å²) in [6, 6.07) is 0. The fraction of sp³-hybridized carbons (Fsp3) is 0.778. The average molecular weight is 640 g/mol. The SMILES string of the molecule is CCN(CC)CCNCC(=O)[C@@]1(O)CC[C@H]2[C@@H]3CCC4=CC(=O)C=C[C@]4(C)[C@@]3(F)C(O)C[C@@]21C.Cl.Cl.Cl.O.O.O. The lowest BCUT2D eigenvalue weighted by Gasteiger charge is -2.62. The summed E-state index contributed by atoms with van der Waals surface area (Å²) in [5.74, 6) is -1.10. The van der Waals surface area contributed by atoms with E-state index >= 15 is 4.39 Å². The van der Waals surface area contributed by atoms with Gasteiger partial charge in [-0.25, -0.2) is 4.39 Å². The molecule has 0 aromatic rings. The molecule has 4 aliphatic carbocycles. The molecule has 40 heavy (non-hydrogen) atoms. The van der Waals surface area contributed by atoms with E-state index in [2.05, 4.69) is 24.1 Å². The summed E-state index contributed by atoms with van der Waals surface area (Å²) in [4.78, 5) is 27.5. The Hall–Kier alpha value is -0.660. The molecule has 3 saturated carbocycles. The molecule has 0 aromatic heterocycles. The highest BCUT2D eigenvalue weighted by atomic mass is 35.5. The summed E-state index contributed by atoms with van der Waals surface area (Å²) in [6.07, 6.45) is 5.19. The van der Waals surface area contributed by atoms with Gasteiger partial charge in [0.05, 0.1) is 12.6 Å². The van der Waals surface area contributed by atoms with Crippen LogP contribution in [-0.2, 0) is 9.59 Å². The summed E-state index contributed by atoms with van der Waals surface area (Å²) in [6.45, 7) is 11.3. The van der Waals surface area contributed by atoms with Gasteiger partial charge in [-0.1, -0.05) is 32.4 Å². The van der Waals surface area contributed by atoms with Gasteiger partial charge >= 0.3 is 0 Å². The Bertz CT molecular complexity index is 925. The minimum atomic E-state index is -1.94. The average Bonchev–Trinajstić information content (AvgIpc) is 3.07. The summed E-state index contributed by atoms with van der Waals surface area (Å²) in [5, 5.41) is 26.2. The number of hydrogen-bond donors (Lipinski definition) is 3. The van der Waals surface area contributed by atoms with E-state index in [1.165, 1.54) is 12.2 Å². The van der Waals surface area contributed by atoms with Crippen molar-refractivity contribution in [1.29, 1.82) is 0 Å². The third-order valence-corrected chi connectivity index (χ3v) is 10.0. The monoisotopic (exact) mass is 638 g/mol. The lowest BCUT2D eigenvalue weighted by molar-refractivity contribution is -0.216. The van der Waals surface area contributed by atoms with Crippen molar-refractivity contribution in [1.82, 2.24) is 10.2 Å². The van der Waals surface area contributed by atoms with Gasteiger partial charge in [-0.2, -0.15) is 0 Å². The van der Waals surface area contributed by atoms with Gasteiger partial charge in [0, 0.05) is 29.8 Å². The van der Waals surface area contributed by atoms with E-state index < -0.39 is 34.1 Å². The second kappa shape index (κ2) is 15.7. The van der Waals surface area contributed by atoms with Gasteiger partial charge in [-0.05, 0) is 70.2 Å². The van der Waals surface area contributed by atoms with E-state index in [1.807, 2.05) is 6.92 Å². The molecule has 0 heterocycles. The first-order chi connectivity index (χ1) is 16.0. The summed E-state index contributed by atoms with van der Waals surface area (Å²) in [5.41, 5.74) is -4.73. The molecule has 7 atom stereocenters. The normalized spacial score (nSPS) is 36.9. The minimum absolute atomic E-state index is 0. The number of carbonyl (C=O) groups excluding carboxylic acids is 2. The van der Waals surface area contributed by atoms with Crippen LogP contribution in [-0.4, -0.2) is 93.2 Å². The Labute approximate surface area is 255 Å². The Morgan fingerprint density at radius 1 is 1.10 bits per heavy atom. The molecule has 0 spiro atoms. The van der Waals surface area contributed by atoms with Crippen molar-refractivity contribution in [2.75, 3.05) is 32.7 Å². The largest absolute Gasteiger partial charge is 0.412 e. The van der Waals surface area contributed by atoms with Gasteiger partial charge in [0.2, 0.25) is 0 Å². The number of hydrogen-bond acceptors (Lipinski definition) is 6. The Balaban J connectivity index is -0.00000228. The molecule has 13 heteroatoms. The van der Waals surface area contributed by atoms with Crippen LogP contribution in [0.5, 0.6) is 0 Å². The first-order valence-electron chi connectivity index (χ1n) is 13.0. The second-order valence-corrected chi connectivity index (χ2v) is 11.3. The van der Waals surface area contributed by atoms with Crippen LogP contribution in [0.2, 0.25) is 0 Å². The molecular formula is C27H50Cl3FN2O7. The van der Waals surface area contributed by atoms with E-state index in [0.29, 0.717) is 25.8 Å². The first-order valence-corrected chi connectivity index (χ1v) is 13.0. The van der Waals surface area contributed by atoms with E-state index in [9.17, 15) is 19.8 Å². The maximum absolute atomic E-state index is 17.1. The highest BCUT2D eigenvalue weighted by Crippen LogP contribution is 2.69. The van der Waals surface area contributed by atoms with Crippen molar-refractivity contribution in [3.63, 3.8) is 0 Å². The lowest BCUT2D eigenvalue weighted by Crippen LogP contribution is -2.69. The topological polar surface area (TPSA) is 184 Å². The number of ketones is 2. The van der Waals surface area contributed by atoms with Crippen LogP contribution in [0.1, 0.15) is 59.8 Å². The van der Waals surface area contributed by atoms with E-state index in [4.69, 9.17) is 0 Å².